The first-order chi connectivity index (χ1) is 9.29. The Kier molecular flexibility index (Phi) is 3.86. The lowest BCUT2D eigenvalue weighted by atomic mass is 10.1. The molecular formula is C14H15NO2S2. The molecule has 2 heterocycles. The number of rotatable bonds is 4. The average molecular weight is 293 g/mol. The Morgan fingerprint density at radius 2 is 2.16 bits per heavy atom. The van der Waals surface area contributed by atoms with Crippen LogP contribution >= 0.6 is 23.5 Å². The van der Waals surface area contributed by atoms with Crippen LogP contribution in [0.1, 0.15) is 17.2 Å². The molecule has 0 spiro atoms. The van der Waals surface area contributed by atoms with E-state index in [9.17, 15) is 4.79 Å². The minimum Gasteiger partial charge on any atom is -0.396 e. The summed E-state index contributed by atoms with van der Waals surface area (Å²) in [5.74, 6) is -0.00840. The van der Waals surface area contributed by atoms with Crippen molar-refractivity contribution < 1.29 is 9.90 Å². The predicted molar refractivity (Wildman–Crippen MR) is 79.2 cm³/mol. The summed E-state index contributed by atoms with van der Waals surface area (Å²) < 4.78 is 0. The van der Waals surface area contributed by atoms with Crippen molar-refractivity contribution in [2.24, 2.45) is 0 Å². The van der Waals surface area contributed by atoms with E-state index in [2.05, 4.69) is 35.7 Å². The Bertz CT molecular complexity index is 530. The maximum absolute atomic E-state index is 12.0. The fourth-order valence-electron chi connectivity index (χ4n) is 2.28. The molecule has 0 unspecified atom stereocenters. The summed E-state index contributed by atoms with van der Waals surface area (Å²) in [4.78, 5) is 14.1. The van der Waals surface area contributed by atoms with Crippen molar-refractivity contribution in [3.63, 3.8) is 0 Å². The van der Waals surface area contributed by atoms with E-state index in [-0.39, 0.29) is 12.5 Å². The quantitative estimate of drug-likeness (QED) is 0.837. The summed E-state index contributed by atoms with van der Waals surface area (Å²) in [5, 5.41) is 12.3. The maximum Gasteiger partial charge on any atom is 0.257 e. The number of aliphatic hydroxyl groups is 1. The number of hydrogen-bond donors (Lipinski definition) is 2. The number of nitrogens with one attached hydrogen (secondary N) is 1. The van der Waals surface area contributed by atoms with E-state index in [0.29, 0.717) is 23.5 Å². The first kappa shape index (κ1) is 13.1. The molecule has 2 atom stereocenters. The molecule has 1 aromatic carbocycles. The molecule has 0 fully saturated rings. The van der Waals surface area contributed by atoms with Crippen molar-refractivity contribution in [1.29, 1.82) is 0 Å². The molecule has 1 amide bonds. The van der Waals surface area contributed by atoms with Gasteiger partial charge < -0.3 is 10.4 Å². The molecule has 2 aliphatic heterocycles. The normalized spacial score (nSPS) is 23.7. The van der Waals surface area contributed by atoms with Gasteiger partial charge in [0.25, 0.3) is 5.91 Å². The maximum atomic E-state index is 12.0. The molecule has 100 valence electrons. The van der Waals surface area contributed by atoms with Crippen molar-refractivity contribution in [1.82, 2.24) is 5.32 Å². The minimum absolute atomic E-state index is 0.00840. The second kappa shape index (κ2) is 5.61. The molecule has 2 aliphatic rings. The van der Waals surface area contributed by atoms with E-state index < -0.39 is 0 Å². The Hall–Kier alpha value is -0.910. The van der Waals surface area contributed by atoms with E-state index in [1.807, 2.05) is 11.8 Å². The van der Waals surface area contributed by atoms with Gasteiger partial charge in [0.2, 0.25) is 0 Å². The molecule has 0 saturated carbocycles. The molecule has 1 aromatic rings. The number of benzene rings is 1. The van der Waals surface area contributed by atoms with E-state index in [0.717, 1.165) is 4.91 Å². The van der Waals surface area contributed by atoms with Crippen LogP contribution in [0, 0.1) is 0 Å². The topological polar surface area (TPSA) is 49.3 Å². The van der Waals surface area contributed by atoms with Gasteiger partial charge in [0.1, 0.15) is 0 Å². The fourth-order valence-corrected chi connectivity index (χ4v) is 5.26. The van der Waals surface area contributed by atoms with E-state index in [1.165, 1.54) is 10.5 Å². The van der Waals surface area contributed by atoms with Crippen LogP contribution in [0.25, 0.3) is 0 Å². The predicted octanol–water partition coefficient (Wildman–Crippen LogP) is 2.33. The summed E-state index contributed by atoms with van der Waals surface area (Å²) in [6.45, 7) is 0.646. The van der Waals surface area contributed by atoms with Crippen LogP contribution in [0.5, 0.6) is 0 Å². The molecule has 3 rings (SSSR count). The lowest BCUT2D eigenvalue weighted by Crippen LogP contribution is -2.25. The minimum atomic E-state index is -0.00840. The zero-order chi connectivity index (χ0) is 13.2. The van der Waals surface area contributed by atoms with Crippen LogP contribution in [0.15, 0.2) is 40.1 Å². The molecule has 2 N–H and O–H groups in total. The van der Waals surface area contributed by atoms with Crippen LogP contribution in [0.4, 0.5) is 0 Å². The van der Waals surface area contributed by atoms with Gasteiger partial charge in [0.05, 0.1) is 10.2 Å². The zero-order valence-corrected chi connectivity index (χ0v) is 12.0. The molecule has 0 aromatic heterocycles. The number of aliphatic hydroxyl groups excluding tert-OH is 1. The third-order valence-electron chi connectivity index (χ3n) is 3.20. The van der Waals surface area contributed by atoms with E-state index in [4.69, 9.17) is 5.11 Å². The van der Waals surface area contributed by atoms with Gasteiger partial charge in [-0.3, -0.25) is 4.79 Å². The number of amides is 1. The number of carbonyl (C=O) groups is 1. The second-order valence-corrected chi connectivity index (χ2v) is 6.93. The first-order valence-electron chi connectivity index (χ1n) is 6.32. The largest absolute Gasteiger partial charge is 0.396 e. The Labute approximate surface area is 120 Å². The third-order valence-corrected chi connectivity index (χ3v) is 6.06. The van der Waals surface area contributed by atoms with Gasteiger partial charge in [-0.1, -0.05) is 24.3 Å². The molecular weight excluding hydrogens is 278 g/mol. The molecule has 19 heavy (non-hydrogen) atoms. The molecule has 3 nitrogen and oxygen atoms in total. The van der Waals surface area contributed by atoms with Crippen LogP contribution < -0.4 is 5.32 Å². The molecule has 0 bridgehead atoms. The van der Waals surface area contributed by atoms with E-state index >= 15 is 0 Å². The summed E-state index contributed by atoms with van der Waals surface area (Å²) in [7, 11) is 0. The molecule has 0 radical (unpaired) electrons. The highest BCUT2D eigenvalue weighted by atomic mass is 32.2. The standard InChI is InChI=1S/C14H15NO2S2/c16-7-3-6-15-14(17)12-8-11-13(19-12)9-4-1-2-5-10(9)18-11/h1-2,4-5,8,11,13,16H,3,6-7H2,(H,15,17)/t11-,13+/m1/s1. The third kappa shape index (κ3) is 2.55. The van der Waals surface area contributed by atoms with E-state index in [1.54, 1.807) is 11.8 Å². The summed E-state index contributed by atoms with van der Waals surface area (Å²) in [6.07, 6.45) is 2.68. The SMILES string of the molecule is O=C(NCCCO)C1=C[C@H]2Sc3ccccc3[C@@H]2S1. The summed E-state index contributed by atoms with van der Waals surface area (Å²) >= 11 is 3.49. The first-order valence-corrected chi connectivity index (χ1v) is 8.08. The highest BCUT2D eigenvalue weighted by molar-refractivity contribution is 8.07. The Balaban J connectivity index is 1.66. The molecule has 0 saturated heterocycles. The van der Waals surface area contributed by atoms with Crippen LogP contribution in [-0.2, 0) is 4.79 Å². The van der Waals surface area contributed by atoms with Gasteiger partial charge in [-0.2, -0.15) is 0 Å². The monoisotopic (exact) mass is 293 g/mol. The van der Waals surface area contributed by atoms with Crippen molar-refractivity contribution in [2.75, 3.05) is 13.2 Å². The highest BCUT2D eigenvalue weighted by Gasteiger charge is 2.39. The zero-order valence-electron chi connectivity index (χ0n) is 10.3. The Morgan fingerprint density at radius 1 is 1.32 bits per heavy atom. The average Bonchev–Trinajstić information content (AvgIpc) is 2.96. The van der Waals surface area contributed by atoms with Gasteiger partial charge in [-0.15, -0.1) is 23.5 Å². The number of thioether (sulfide) groups is 2. The van der Waals surface area contributed by atoms with Crippen LogP contribution in [0.3, 0.4) is 0 Å². The number of fused-ring (bicyclic) bond motifs is 3. The van der Waals surface area contributed by atoms with Gasteiger partial charge in [-0.25, -0.2) is 0 Å². The van der Waals surface area contributed by atoms with Gasteiger partial charge >= 0.3 is 0 Å². The Morgan fingerprint density at radius 3 is 3.00 bits per heavy atom. The highest BCUT2D eigenvalue weighted by Crippen LogP contribution is 2.57. The van der Waals surface area contributed by atoms with Crippen LogP contribution in [-0.4, -0.2) is 29.4 Å². The fraction of sp³-hybridized carbons (Fsp3) is 0.357. The summed E-state index contributed by atoms with van der Waals surface area (Å²) in [5.41, 5.74) is 1.34. The smallest absolute Gasteiger partial charge is 0.257 e. The second-order valence-electron chi connectivity index (χ2n) is 4.52. The van der Waals surface area contributed by atoms with Gasteiger partial charge in [-0.05, 0) is 18.1 Å². The van der Waals surface area contributed by atoms with Gasteiger partial charge in [0.15, 0.2) is 0 Å². The molecule has 5 heteroatoms. The summed E-state index contributed by atoms with van der Waals surface area (Å²) in [6, 6.07) is 8.42. The van der Waals surface area contributed by atoms with Crippen molar-refractivity contribution in [2.45, 2.75) is 21.8 Å². The van der Waals surface area contributed by atoms with Crippen molar-refractivity contribution >= 4 is 29.4 Å². The van der Waals surface area contributed by atoms with Crippen molar-refractivity contribution in [3.05, 3.63) is 40.8 Å². The number of carbonyl (C=O) groups excluding carboxylic acids is 1. The number of hydrogen-bond acceptors (Lipinski definition) is 4. The lowest BCUT2D eigenvalue weighted by molar-refractivity contribution is -0.116. The lowest BCUT2D eigenvalue weighted by Gasteiger charge is -2.09. The van der Waals surface area contributed by atoms with Crippen LogP contribution in [0.2, 0.25) is 0 Å². The van der Waals surface area contributed by atoms with Crippen molar-refractivity contribution in [3.8, 4) is 0 Å². The van der Waals surface area contributed by atoms with Gasteiger partial charge in [0, 0.05) is 23.3 Å². The molecule has 0 aliphatic carbocycles.